The van der Waals surface area contributed by atoms with Crippen LogP contribution in [0.1, 0.15) is 58.8 Å². The fourth-order valence-corrected chi connectivity index (χ4v) is 4.51. The fraction of sp³-hybridized carbons (Fsp3) is 0.800. The van der Waals surface area contributed by atoms with E-state index in [1.165, 1.54) is 43.4 Å². The molecule has 1 aliphatic rings. The van der Waals surface area contributed by atoms with E-state index in [-0.39, 0.29) is 11.8 Å². The first-order valence-corrected chi connectivity index (χ1v) is 9.80. The lowest BCUT2D eigenvalue weighted by molar-refractivity contribution is -0.121. The average Bonchev–Trinajstić information content (AvgIpc) is 2.93. The first kappa shape index (κ1) is 16.7. The molecule has 6 heteroatoms. The van der Waals surface area contributed by atoms with E-state index in [0.29, 0.717) is 5.13 Å². The van der Waals surface area contributed by atoms with Crippen molar-refractivity contribution < 1.29 is 4.79 Å². The van der Waals surface area contributed by atoms with Crippen LogP contribution >= 0.6 is 23.1 Å². The Hall–Kier alpha value is -0.620. The van der Waals surface area contributed by atoms with Gasteiger partial charge in [-0.1, -0.05) is 56.2 Å². The summed E-state index contributed by atoms with van der Waals surface area (Å²) in [5, 5.41) is 11.7. The second kappa shape index (κ2) is 8.73. The van der Waals surface area contributed by atoms with Crippen molar-refractivity contribution in [3.63, 3.8) is 0 Å². The molecule has 0 aromatic carbocycles. The van der Waals surface area contributed by atoms with Gasteiger partial charge in [0.1, 0.15) is 0 Å². The van der Waals surface area contributed by atoms with Crippen molar-refractivity contribution in [2.45, 2.75) is 63.1 Å². The molecule has 0 atom stereocenters. The monoisotopic (exact) mass is 327 g/mol. The van der Waals surface area contributed by atoms with E-state index in [9.17, 15) is 4.79 Å². The first-order chi connectivity index (χ1) is 10.2. The van der Waals surface area contributed by atoms with Crippen LogP contribution < -0.4 is 5.32 Å². The minimum Gasteiger partial charge on any atom is -0.300 e. The molecule has 0 aliphatic heterocycles. The number of aromatic nitrogens is 2. The molecule has 1 N–H and O–H groups in total. The van der Waals surface area contributed by atoms with Crippen molar-refractivity contribution in [3.05, 3.63) is 0 Å². The van der Waals surface area contributed by atoms with Crippen molar-refractivity contribution in [2.24, 2.45) is 11.8 Å². The SMILES string of the molecule is CCCCC1CCC(C(=O)Nc2nnc(SCC)s2)CC1. The normalized spacial score (nSPS) is 22.2. The Morgan fingerprint density at radius 2 is 2.05 bits per heavy atom. The predicted molar refractivity (Wildman–Crippen MR) is 89.9 cm³/mol. The summed E-state index contributed by atoms with van der Waals surface area (Å²) in [6.07, 6.45) is 8.38. The average molecular weight is 328 g/mol. The predicted octanol–water partition coefficient (Wildman–Crippen LogP) is 4.59. The maximum atomic E-state index is 12.3. The maximum absolute atomic E-state index is 12.3. The van der Waals surface area contributed by atoms with Crippen LogP contribution in [0.25, 0.3) is 0 Å². The number of anilines is 1. The van der Waals surface area contributed by atoms with Crippen LogP contribution in [0.4, 0.5) is 5.13 Å². The summed E-state index contributed by atoms with van der Waals surface area (Å²) in [7, 11) is 0. The van der Waals surface area contributed by atoms with Crippen LogP contribution in [0.3, 0.4) is 0 Å². The number of hydrogen-bond acceptors (Lipinski definition) is 5. The zero-order chi connectivity index (χ0) is 15.1. The van der Waals surface area contributed by atoms with Gasteiger partial charge in [-0.2, -0.15) is 0 Å². The van der Waals surface area contributed by atoms with Gasteiger partial charge in [0.25, 0.3) is 0 Å². The Morgan fingerprint density at radius 3 is 2.71 bits per heavy atom. The lowest BCUT2D eigenvalue weighted by atomic mass is 9.79. The van der Waals surface area contributed by atoms with Gasteiger partial charge in [-0.25, -0.2) is 0 Å². The van der Waals surface area contributed by atoms with Gasteiger partial charge >= 0.3 is 0 Å². The summed E-state index contributed by atoms with van der Waals surface area (Å²) >= 11 is 3.13. The largest absolute Gasteiger partial charge is 0.300 e. The Kier molecular flexibility index (Phi) is 6.96. The summed E-state index contributed by atoms with van der Waals surface area (Å²) in [5.74, 6) is 2.11. The number of hydrogen-bond donors (Lipinski definition) is 1. The molecule has 0 saturated heterocycles. The van der Waals surface area contributed by atoms with Crippen LogP contribution in [-0.2, 0) is 4.79 Å². The third-order valence-corrected chi connectivity index (χ3v) is 5.94. The number of amides is 1. The lowest BCUT2D eigenvalue weighted by Gasteiger charge is -2.27. The van der Waals surface area contributed by atoms with Crippen LogP contribution in [0, 0.1) is 11.8 Å². The molecule has 1 amide bonds. The molecule has 118 valence electrons. The number of thioether (sulfide) groups is 1. The van der Waals surface area contributed by atoms with E-state index in [0.717, 1.165) is 28.9 Å². The highest BCUT2D eigenvalue weighted by Crippen LogP contribution is 2.33. The molecule has 2 rings (SSSR count). The van der Waals surface area contributed by atoms with Gasteiger partial charge in [-0.3, -0.25) is 4.79 Å². The van der Waals surface area contributed by atoms with Gasteiger partial charge in [0.05, 0.1) is 0 Å². The molecule has 1 fully saturated rings. The summed E-state index contributed by atoms with van der Waals surface area (Å²) in [5.41, 5.74) is 0. The summed E-state index contributed by atoms with van der Waals surface area (Å²) in [4.78, 5) is 12.3. The molecule has 0 spiro atoms. The molecule has 4 nitrogen and oxygen atoms in total. The second-order valence-corrected chi connectivity index (χ2v) is 8.14. The van der Waals surface area contributed by atoms with Gasteiger partial charge in [-0.05, 0) is 37.4 Å². The summed E-state index contributed by atoms with van der Waals surface area (Å²) in [6, 6.07) is 0. The van der Waals surface area contributed by atoms with Crippen molar-refractivity contribution in [1.29, 1.82) is 0 Å². The van der Waals surface area contributed by atoms with Crippen molar-refractivity contribution in [1.82, 2.24) is 10.2 Å². The number of unbranched alkanes of at least 4 members (excludes halogenated alkanes) is 1. The molecule has 1 aromatic heterocycles. The fourth-order valence-electron chi connectivity index (χ4n) is 2.86. The molecule has 0 unspecified atom stereocenters. The van der Waals surface area contributed by atoms with E-state index < -0.39 is 0 Å². The highest BCUT2D eigenvalue weighted by molar-refractivity contribution is 8.01. The quantitative estimate of drug-likeness (QED) is 0.588. The minimum atomic E-state index is 0.133. The smallest absolute Gasteiger partial charge is 0.229 e. The number of carbonyl (C=O) groups is 1. The van der Waals surface area contributed by atoms with E-state index >= 15 is 0 Å². The number of nitrogens with zero attached hydrogens (tertiary/aromatic N) is 2. The topological polar surface area (TPSA) is 54.9 Å². The molecule has 0 bridgehead atoms. The molecular formula is C15H25N3OS2. The lowest BCUT2D eigenvalue weighted by Crippen LogP contribution is -2.27. The van der Waals surface area contributed by atoms with Gasteiger partial charge < -0.3 is 5.32 Å². The third kappa shape index (κ3) is 5.25. The number of carbonyl (C=O) groups excluding carboxylic acids is 1. The Bertz CT molecular complexity index is 442. The molecule has 1 saturated carbocycles. The van der Waals surface area contributed by atoms with Gasteiger partial charge in [0.15, 0.2) is 4.34 Å². The molecule has 1 heterocycles. The first-order valence-electron chi connectivity index (χ1n) is 8.00. The zero-order valence-electron chi connectivity index (χ0n) is 12.9. The zero-order valence-corrected chi connectivity index (χ0v) is 14.6. The summed E-state index contributed by atoms with van der Waals surface area (Å²) in [6.45, 7) is 4.33. The standard InChI is InChI=1S/C15H25N3OS2/c1-3-5-6-11-7-9-12(10-8-11)13(19)16-14-17-18-15(21-14)20-4-2/h11-12H,3-10H2,1-2H3,(H,16,17,19). The Labute approximate surface area is 135 Å². The van der Waals surface area contributed by atoms with Crippen molar-refractivity contribution in [2.75, 3.05) is 11.1 Å². The van der Waals surface area contributed by atoms with Crippen LogP contribution in [0.2, 0.25) is 0 Å². The van der Waals surface area contributed by atoms with Crippen molar-refractivity contribution in [3.8, 4) is 0 Å². The minimum absolute atomic E-state index is 0.133. The van der Waals surface area contributed by atoms with E-state index in [1.807, 2.05) is 0 Å². The highest BCUT2D eigenvalue weighted by atomic mass is 32.2. The van der Waals surface area contributed by atoms with Crippen LogP contribution in [0.15, 0.2) is 4.34 Å². The maximum Gasteiger partial charge on any atom is 0.229 e. The molecule has 21 heavy (non-hydrogen) atoms. The second-order valence-electron chi connectivity index (χ2n) is 5.66. The van der Waals surface area contributed by atoms with Gasteiger partial charge in [0.2, 0.25) is 11.0 Å². The van der Waals surface area contributed by atoms with Gasteiger partial charge in [-0.15, -0.1) is 10.2 Å². The number of rotatable bonds is 7. The Morgan fingerprint density at radius 1 is 1.29 bits per heavy atom. The van der Waals surface area contributed by atoms with Crippen LogP contribution in [-0.4, -0.2) is 21.9 Å². The van der Waals surface area contributed by atoms with E-state index in [4.69, 9.17) is 0 Å². The third-order valence-electron chi connectivity index (χ3n) is 4.09. The van der Waals surface area contributed by atoms with Crippen molar-refractivity contribution >= 4 is 34.1 Å². The number of nitrogens with one attached hydrogen (secondary N) is 1. The highest BCUT2D eigenvalue weighted by Gasteiger charge is 2.26. The van der Waals surface area contributed by atoms with E-state index in [1.54, 1.807) is 11.8 Å². The van der Waals surface area contributed by atoms with Gasteiger partial charge in [0, 0.05) is 5.92 Å². The molecular weight excluding hydrogens is 302 g/mol. The van der Waals surface area contributed by atoms with Crippen LogP contribution in [0.5, 0.6) is 0 Å². The molecule has 1 aliphatic carbocycles. The molecule has 0 radical (unpaired) electrons. The molecule has 1 aromatic rings. The summed E-state index contributed by atoms with van der Waals surface area (Å²) < 4.78 is 0.927. The Balaban J connectivity index is 1.76. The van der Waals surface area contributed by atoms with E-state index in [2.05, 4.69) is 29.4 Å².